The first-order valence-corrected chi connectivity index (χ1v) is 8.82. The maximum Gasteiger partial charge on any atom is 0.308 e. The van der Waals surface area contributed by atoms with Gasteiger partial charge in [0.15, 0.2) is 5.65 Å². The molecule has 0 saturated carbocycles. The fourth-order valence-electron chi connectivity index (χ4n) is 3.87. The van der Waals surface area contributed by atoms with Crippen molar-refractivity contribution in [3.05, 3.63) is 59.4 Å². The Bertz CT molecular complexity index is 1030. The van der Waals surface area contributed by atoms with Gasteiger partial charge in [-0.1, -0.05) is 30.3 Å². The summed E-state index contributed by atoms with van der Waals surface area (Å²) in [4.78, 5) is 30.7. The maximum atomic E-state index is 13.0. The third-order valence-corrected chi connectivity index (χ3v) is 5.26. The molecule has 1 saturated heterocycles. The molecule has 1 fully saturated rings. The number of benzene rings is 1. The van der Waals surface area contributed by atoms with Crippen LogP contribution in [0.5, 0.6) is 0 Å². The van der Waals surface area contributed by atoms with E-state index in [2.05, 4.69) is 10.1 Å². The van der Waals surface area contributed by atoms with Gasteiger partial charge >= 0.3 is 5.97 Å². The summed E-state index contributed by atoms with van der Waals surface area (Å²) in [7, 11) is 1.81. The van der Waals surface area contributed by atoms with Gasteiger partial charge in [-0.15, -0.1) is 0 Å². The first-order chi connectivity index (χ1) is 13.0. The monoisotopic (exact) mass is 364 g/mol. The molecule has 0 bridgehead atoms. The summed E-state index contributed by atoms with van der Waals surface area (Å²) < 4.78 is 1.68. The molecule has 3 aromatic rings. The second kappa shape index (κ2) is 6.50. The zero-order chi connectivity index (χ0) is 19.1. The quantitative estimate of drug-likeness (QED) is 0.770. The summed E-state index contributed by atoms with van der Waals surface area (Å²) in [6, 6.07) is 11.3. The Morgan fingerprint density at radius 3 is 2.63 bits per heavy atom. The number of amides is 1. The van der Waals surface area contributed by atoms with Crippen molar-refractivity contribution >= 4 is 22.9 Å². The molecule has 138 valence electrons. The number of hydrogen-bond acceptors (Lipinski definition) is 4. The normalized spacial score (nSPS) is 19.6. The van der Waals surface area contributed by atoms with Crippen LogP contribution in [0.25, 0.3) is 11.0 Å². The van der Waals surface area contributed by atoms with E-state index in [1.54, 1.807) is 15.6 Å². The molecule has 0 spiro atoms. The molecule has 1 aromatic carbocycles. The molecular formula is C20H20N4O3. The standard InChI is InChI=1S/C20H20N4O3/c1-12-15-8-14(9-21-18(15)23(2)22-12)19(25)24-10-16(17(11-24)20(26)27)13-6-4-3-5-7-13/h3-9,16-17H,10-11H2,1-2H3,(H,26,27)/t16-,17-/m0/s1. The number of aromatic nitrogens is 3. The Morgan fingerprint density at radius 1 is 1.19 bits per heavy atom. The number of carboxylic acid groups (broad SMARTS) is 1. The highest BCUT2D eigenvalue weighted by Gasteiger charge is 2.40. The molecular weight excluding hydrogens is 344 g/mol. The van der Waals surface area contributed by atoms with E-state index in [0.29, 0.717) is 12.1 Å². The lowest BCUT2D eigenvalue weighted by Crippen LogP contribution is -2.30. The van der Waals surface area contributed by atoms with Crippen LogP contribution in [0.2, 0.25) is 0 Å². The third kappa shape index (κ3) is 2.95. The summed E-state index contributed by atoms with van der Waals surface area (Å²) in [6.07, 6.45) is 1.54. The van der Waals surface area contributed by atoms with Gasteiger partial charge in [0.05, 0.1) is 17.2 Å². The van der Waals surface area contributed by atoms with Crippen molar-refractivity contribution in [2.24, 2.45) is 13.0 Å². The van der Waals surface area contributed by atoms with Crippen LogP contribution in [-0.2, 0) is 11.8 Å². The first kappa shape index (κ1) is 17.2. The highest BCUT2D eigenvalue weighted by molar-refractivity contribution is 5.98. The number of nitrogens with zero attached hydrogens (tertiary/aromatic N) is 4. The smallest absolute Gasteiger partial charge is 0.308 e. The molecule has 2 atom stereocenters. The van der Waals surface area contributed by atoms with Crippen LogP contribution in [-0.4, -0.2) is 49.7 Å². The Morgan fingerprint density at radius 2 is 1.93 bits per heavy atom. The Kier molecular flexibility index (Phi) is 4.14. The van der Waals surface area contributed by atoms with Gasteiger partial charge in [-0.2, -0.15) is 5.10 Å². The molecule has 0 radical (unpaired) electrons. The summed E-state index contributed by atoms with van der Waals surface area (Å²) in [5, 5.41) is 14.8. The van der Waals surface area contributed by atoms with Crippen LogP contribution in [0.4, 0.5) is 0 Å². The number of rotatable bonds is 3. The predicted molar refractivity (Wildman–Crippen MR) is 99.5 cm³/mol. The molecule has 1 aliphatic rings. The summed E-state index contributed by atoms with van der Waals surface area (Å²) >= 11 is 0. The number of fused-ring (bicyclic) bond motifs is 1. The molecule has 0 aliphatic carbocycles. The van der Waals surface area contributed by atoms with Crippen molar-refractivity contribution in [2.45, 2.75) is 12.8 Å². The zero-order valence-electron chi connectivity index (χ0n) is 15.2. The predicted octanol–water partition coefficient (Wildman–Crippen LogP) is 2.22. The summed E-state index contributed by atoms with van der Waals surface area (Å²) in [5.41, 5.74) is 2.92. The number of aliphatic carboxylic acids is 1. The molecule has 27 heavy (non-hydrogen) atoms. The Balaban J connectivity index is 1.64. The van der Waals surface area contributed by atoms with E-state index in [1.165, 1.54) is 6.20 Å². The molecule has 4 rings (SSSR count). The second-order valence-electron chi connectivity index (χ2n) is 6.98. The van der Waals surface area contributed by atoms with E-state index < -0.39 is 11.9 Å². The number of aryl methyl sites for hydroxylation is 2. The lowest BCUT2D eigenvalue weighted by atomic mass is 9.89. The van der Waals surface area contributed by atoms with Crippen molar-refractivity contribution in [3.8, 4) is 0 Å². The molecule has 1 amide bonds. The van der Waals surface area contributed by atoms with Gasteiger partial charge in [0, 0.05) is 37.6 Å². The van der Waals surface area contributed by atoms with E-state index in [9.17, 15) is 14.7 Å². The molecule has 1 N–H and O–H groups in total. The Labute approximate surface area is 156 Å². The van der Waals surface area contributed by atoms with Crippen molar-refractivity contribution < 1.29 is 14.7 Å². The maximum absolute atomic E-state index is 13.0. The van der Waals surface area contributed by atoms with Crippen molar-refractivity contribution in [3.63, 3.8) is 0 Å². The van der Waals surface area contributed by atoms with E-state index in [-0.39, 0.29) is 18.4 Å². The van der Waals surface area contributed by atoms with E-state index in [1.807, 2.05) is 44.3 Å². The topological polar surface area (TPSA) is 88.3 Å². The van der Waals surface area contributed by atoms with Crippen molar-refractivity contribution in [1.82, 2.24) is 19.7 Å². The first-order valence-electron chi connectivity index (χ1n) is 8.82. The minimum absolute atomic E-state index is 0.192. The highest BCUT2D eigenvalue weighted by atomic mass is 16.4. The number of hydrogen-bond donors (Lipinski definition) is 1. The van der Waals surface area contributed by atoms with Crippen molar-refractivity contribution in [1.29, 1.82) is 0 Å². The summed E-state index contributed by atoms with van der Waals surface area (Å²) in [5.74, 6) is -1.91. The molecule has 0 unspecified atom stereocenters. The second-order valence-corrected chi connectivity index (χ2v) is 6.98. The zero-order valence-corrected chi connectivity index (χ0v) is 15.2. The van der Waals surface area contributed by atoms with Gasteiger partial charge in [0.25, 0.3) is 5.91 Å². The largest absolute Gasteiger partial charge is 0.481 e. The van der Waals surface area contributed by atoms with Crippen LogP contribution < -0.4 is 0 Å². The molecule has 7 heteroatoms. The van der Waals surface area contributed by atoms with E-state index >= 15 is 0 Å². The molecule has 1 aliphatic heterocycles. The minimum atomic E-state index is -0.879. The fraction of sp³-hybridized carbons (Fsp3) is 0.300. The van der Waals surface area contributed by atoms with Gasteiger partial charge in [-0.25, -0.2) is 4.98 Å². The number of carboxylic acids is 1. The number of carbonyl (C=O) groups excluding carboxylic acids is 1. The number of pyridine rings is 1. The fourth-order valence-corrected chi connectivity index (χ4v) is 3.87. The van der Waals surface area contributed by atoms with Crippen LogP contribution in [0.15, 0.2) is 42.6 Å². The van der Waals surface area contributed by atoms with Crippen LogP contribution in [0.1, 0.15) is 27.5 Å². The third-order valence-electron chi connectivity index (χ3n) is 5.26. The average Bonchev–Trinajstić information content (AvgIpc) is 3.24. The molecule has 7 nitrogen and oxygen atoms in total. The minimum Gasteiger partial charge on any atom is -0.481 e. The number of likely N-dealkylation sites (tertiary alicyclic amines) is 1. The van der Waals surface area contributed by atoms with Gasteiger partial charge in [0.1, 0.15) is 0 Å². The van der Waals surface area contributed by atoms with Crippen molar-refractivity contribution in [2.75, 3.05) is 13.1 Å². The SMILES string of the molecule is Cc1nn(C)c2ncc(C(=O)N3C[C@H](C(=O)O)[C@H](c4ccccc4)C3)cc12. The van der Waals surface area contributed by atoms with Gasteiger partial charge in [-0.3, -0.25) is 14.3 Å². The van der Waals surface area contributed by atoms with E-state index in [4.69, 9.17) is 0 Å². The highest BCUT2D eigenvalue weighted by Crippen LogP contribution is 2.33. The van der Waals surface area contributed by atoms with Gasteiger partial charge in [-0.05, 0) is 18.6 Å². The molecule has 2 aromatic heterocycles. The van der Waals surface area contributed by atoms with Crippen LogP contribution in [0.3, 0.4) is 0 Å². The van der Waals surface area contributed by atoms with Gasteiger partial charge < -0.3 is 10.0 Å². The average molecular weight is 364 g/mol. The number of carbonyl (C=O) groups is 2. The van der Waals surface area contributed by atoms with E-state index in [0.717, 1.165) is 22.3 Å². The van der Waals surface area contributed by atoms with Gasteiger partial charge in [0.2, 0.25) is 0 Å². The lowest BCUT2D eigenvalue weighted by molar-refractivity contribution is -0.141. The summed E-state index contributed by atoms with van der Waals surface area (Å²) in [6.45, 7) is 2.45. The Hall–Kier alpha value is -3.22. The van der Waals surface area contributed by atoms with Crippen LogP contribution >= 0.6 is 0 Å². The molecule has 3 heterocycles. The lowest BCUT2D eigenvalue weighted by Gasteiger charge is -2.16. The van der Waals surface area contributed by atoms with Crippen LogP contribution in [0, 0.1) is 12.8 Å².